The van der Waals surface area contributed by atoms with Crippen LogP contribution < -0.4 is 0 Å². The van der Waals surface area contributed by atoms with Crippen LogP contribution in [0.15, 0.2) is 0 Å². The Hall–Kier alpha value is -0.0300. The molecule has 0 radical (unpaired) electrons. The number of halogens is 6. The quantitative estimate of drug-likeness (QED) is 0.235. The summed E-state index contributed by atoms with van der Waals surface area (Å²) in [6, 6.07) is 0. The topological polar surface area (TPSA) is 0 Å². The SMILES string of the molecule is CCCC[N+](CCC)(CCC)CCC.F[P-](F)(F)(F)(F)F. The average Bonchev–Trinajstić information content (AvgIpc) is 2.23. The van der Waals surface area contributed by atoms with E-state index < -0.39 is 7.81 Å². The number of hydrogen-bond donors (Lipinski definition) is 0. The second-order valence-electron chi connectivity index (χ2n) is 5.55. The van der Waals surface area contributed by atoms with Gasteiger partial charge in [-0.25, -0.2) is 0 Å². The van der Waals surface area contributed by atoms with Gasteiger partial charge in [-0.2, -0.15) is 0 Å². The molecule has 0 heterocycles. The van der Waals surface area contributed by atoms with Gasteiger partial charge in [-0.3, -0.25) is 0 Å². The molecule has 0 saturated heterocycles. The molecule has 0 aliphatic rings. The second kappa shape index (κ2) is 8.00. The van der Waals surface area contributed by atoms with Gasteiger partial charge in [0.2, 0.25) is 0 Å². The van der Waals surface area contributed by atoms with Crippen LogP contribution >= 0.6 is 7.81 Å². The Kier molecular flexibility index (Phi) is 8.85. The molecule has 8 heteroatoms. The van der Waals surface area contributed by atoms with Gasteiger partial charge in [0.1, 0.15) is 0 Å². The van der Waals surface area contributed by atoms with E-state index in [2.05, 4.69) is 27.7 Å². The van der Waals surface area contributed by atoms with Gasteiger partial charge < -0.3 is 4.48 Å². The Bertz CT molecular complexity index is 245. The predicted molar refractivity (Wildman–Crippen MR) is 79.1 cm³/mol. The van der Waals surface area contributed by atoms with Gasteiger partial charge in [-0.15, -0.1) is 0 Å². The first kappa shape index (κ1) is 23.2. The van der Waals surface area contributed by atoms with Gasteiger partial charge >= 0.3 is 33.0 Å². The molecule has 1 nitrogen and oxygen atoms in total. The van der Waals surface area contributed by atoms with Crippen LogP contribution in [0.1, 0.15) is 59.8 Å². The fourth-order valence-electron chi connectivity index (χ4n) is 2.59. The van der Waals surface area contributed by atoms with Gasteiger partial charge in [0, 0.05) is 0 Å². The van der Waals surface area contributed by atoms with E-state index in [1.807, 2.05) is 0 Å². The first-order valence-electron chi connectivity index (χ1n) is 7.61. The number of unbranched alkanes of at least 4 members (excludes halogenated alkanes) is 1. The van der Waals surface area contributed by atoms with Crippen LogP contribution in [-0.2, 0) is 0 Å². The third-order valence-electron chi connectivity index (χ3n) is 3.08. The van der Waals surface area contributed by atoms with Crippen LogP contribution in [-0.4, -0.2) is 30.7 Å². The van der Waals surface area contributed by atoms with Crippen LogP contribution in [0, 0.1) is 0 Å². The molecule has 0 aromatic carbocycles. The number of rotatable bonds is 9. The monoisotopic (exact) mass is 345 g/mol. The van der Waals surface area contributed by atoms with Crippen molar-refractivity contribution < 1.29 is 29.7 Å². The van der Waals surface area contributed by atoms with Crippen molar-refractivity contribution >= 4 is 7.81 Å². The number of hydrogen-bond acceptors (Lipinski definition) is 0. The van der Waals surface area contributed by atoms with Crippen molar-refractivity contribution in [3.63, 3.8) is 0 Å². The first-order chi connectivity index (χ1) is 9.19. The molecule has 21 heavy (non-hydrogen) atoms. The summed E-state index contributed by atoms with van der Waals surface area (Å²) in [7, 11) is -10.7. The number of quaternary nitrogens is 1. The van der Waals surface area contributed by atoms with Crippen molar-refractivity contribution in [2.75, 3.05) is 26.2 Å². The van der Waals surface area contributed by atoms with E-state index in [0.29, 0.717) is 0 Å². The van der Waals surface area contributed by atoms with Crippen LogP contribution in [0.25, 0.3) is 0 Å². The molecule has 0 unspecified atom stereocenters. The third kappa shape index (κ3) is 22.4. The molecule has 0 rings (SSSR count). The third-order valence-corrected chi connectivity index (χ3v) is 3.08. The van der Waals surface area contributed by atoms with Crippen molar-refractivity contribution in [3.8, 4) is 0 Å². The summed E-state index contributed by atoms with van der Waals surface area (Å²) in [6.07, 6.45) is 6.76. The maximum absolute atomic E-state index is 10.7. The van der Waals surface area contributed by atoms with Gasteiger partial charge in [-0.1, -0.05) is 34.1 Å². The van der Waals surface area contributed by atoms with Crippen molar-refractivity contribution in [3.05, 3.63) is 0 Å². The summed E-state index contributed by atoms with van der Waals surface area (Å²) < 4.78 is 60.6. The normalized spacial score (nSPS) is 15.7. The minimum atomic E-state index is -10.7. The van der Waals surface area contributed by atoms with Crippen LogP contribution in [0.2, 0.25) is 0 Å². The maximum atomic E-state index is 9.87. The fourth-order valence-corrected chi connectivity index (χ4v) is 2.59. The molecule has 0 aromatic rings. The van der Waals surface area contributed by atoms with Crippen molar-refractivity contribution in [1.82, 2.24) is 0 Å². The Morgan fingerprint density at radius 3 is 1.05 bits per heavy atom. The van der Waals surface area contributed by atoms with Crippen LogP contribution in [0.4, 0.5) is 25.2 Å². The Balaban J connectivity index is 0. The summed E-state index contributed by atoms with van der Waals surface area (Å²) in [4.78, 5) is 0. The molecule has 0 N–H and O–H groups in total. The molecular weight excluding hydrogens is 315 g/mol. The average molecular weight is 345 g/mol. The summed E-state index contributed by atoms with van der Waals surface area (Å²) in [5, 5.41) is 0. The van der Waals surface area contributed by atoms with Crippen molar-refractivity contribution in [1.29, 1.82) is 0 Å². The van der Waals surface area contributed by atoms with E-state index in [9.17, 15) is 25.2 Å². The van der Waals surface area contributed by atoms with Crippen molar-refractivity contribution in [2.24, 2.45) is 0 Å². The van der Waals surface area contributed by atoms with E-state index in [-0.39, 0.29) is 0 Å². The summed E-state index contributed by atoms with van der Waals surface area (Å²) in [6.45, 7) is 14.9. The summed E-state index contributed by atoms with van der Waals surface area (Å²) in [5.41, 5.74) is 0. The van der Waals surface area contributed by atoms with E-state index in [0.717, 1.165) is 0 Å². The molecule has 0 aliphatic heterocycles. The van der Waals surface area contributed by atoms with Gasteiger partial charge in [0.25, 0.3) is 0 Å². The van der Waals surface area contributed by atoms with Gasteiger partial charge in [-0.05, 0) is 25.7 Å². The molecule has 134 valence electrons. The van der Waals surface area contributed by atoms with E-state index in [1.165, 1.54) is 62.8 Å². The summed E-state index contributed by atoms with van der Waals surface area (Å²) >= 11 is 0. The van der Waals surface area contributed by atoms with Crippen molar-refractivity contribution in [2.45, 2.75) is 59.8 Å². The predicted octanol–water partition coefficient (Wildman–Crippen LogP) is 7.22. The molecule has 0 fully saturated rings. The van der Waals surface area contributed by atoms with E-state index >= 15 is 0 Å². The zero-order chi connectivity index (χ0) is 17.3. The zero-order valence-electron chi connectivity index (χ0n) is 13.5. The van der Waals surface area contributed by atoms with Gasteiger partial charge in [0.05, 0.1) is 26.2 Å². The molecule has 0 spiro atoms. The molecule has 0 atom stereocenters. The Labute approximate surface area is 124 Å². The molecule has 0 aromatic heterocycles. The Morgan fingerprint density at radius 2 is 0.857 bits per heavy atom. The second-order valence-corrected chi connectivity index (χ2v) is 7.46. The summed E-state index contributed by atoms with van der Waals surface area (Å²) in [5.74, 6) is 0. The van der Waals surface area contributed by atoms with Gasteiger partial charge in [0.15, 0.2) is 0 Å². The molecule has 0 bridgehead atoms. The minimum absolute atomic E-state index is 1.34. The molecule has 0 aliphatic carbocycles. The molecule has 0 saturated carbocycles. The first-order valence-corrected chi connectivity index (χ1v) is 9.64. The van der Waals surface area contributed by atoms with Crippen LogP contribution in [0.5, 0.6) is 0 Å². The fraction of sp³-hybridized carbons (Fsp3) is 1.00. The van der Waals surface area contributed by atoms with Crippen LogP contribution in [0.3, 0.4) is 0 Å². The Morgan fingerprint density at radius 1 is 0.571 bits per heavy atom. The molecule has 0 amide bonds. The number of nitrogens with zero attached hydrogens (tertiary/aromatic N) is 1. The standard InChI is InChI=1S/C13H30N.F6P/c1-5-9-13-14(10-6-2,11-7-3)12-8-4;1-7(2,3,4,5)6/h5-13H2,1-4H3;/q+1;-1. The van der Waals surface area contributed by atoms with E-state index in [4.69, 9.17) is 0 Å². The zero-order valence-corrected chi connectivity index (χ0v) is 14.4. The van der Waals surface area contributed by atoms with E-state index in [1.54, 1.807) is 0 Å². The molecular formula is C13H30F6NP.